The molecule has 0 saturated heterocycles. The van der Waals surface area contributed by atoms with Gasteiger partial charge in [-0.15, -0.1) is 0 Å². The van der Waals surface area contributed by atoms with E-state index in [1.54, 1.807) is 32.5 Å². The van der Waals surface area contributed by atoms with Gasteiger partial charge in [-0.1, -0.05) is 19.1 Å². The summed E-state index contributed by atoms with van der Waals surface area (Å²) in [5.41, 5.74) is 4.44. The van der Waals surface area contributed by atoms with E-state index in [-0.39, 0.29) is 17.6 Å². The maximum Gasteiger partial charge on any atom is 0.255 e. The third-order valence-electron chi connectivity index (χ3n) is 6.18. The SMILES string of the molecule is COc1ccc(C2C(C(=O)Nc3ccc(C)cn3)=C(C)NC3=C2C(=O)CC(C)C3)c(OC)c1. The minimum atomic E-state index is -0.562. The van der Waals surface area contributed by atoms with E-state index in [1.165, 1.54) is 0 Å². The van der Waals surface area contributed by atoms with Gasteiger partial charge in [0, 0.05) is 46.8 Å². The molecule has 1 aromatic heterocycles. The third kappa shape index (κ3) is 4.35. The van der Waals surface area contributed by atoms with Gasteiger partial charge >= 0.3 is 0 Å². The van der Waals surface area contributed by atoms with Crippen LogP contribution >= 0.6 is 0 Å². The molecule has 172 valence electrons. The quantitative estimate of drug-likeness (QED) is 0.712. The van der Waals surface area contributed by atoms with Crippen LogP contribution in [0.5, 0.6) is 11.5 Å². The van der Waals surface area contributed by atoms with Gasteiger partial charge in [-0.05, 0) is 43.9 Å². The van der Waals surface area contributed by atoms with E-state index in [0.717, 1.165) is 23.2 Å². The molecular formula is C26H29N3O4. The number of allylic oxidation sites excluding steroid dienone is 3. The van der Waals surface area contributed by atoms with Crippen molar-refractivity contribution in [2.45, 2.75) is 39.5 Å². The Morgan fingerprint density at radius 2 is 1.91 bits per heavy atom. The maximum atomic E-state index is 13.6. The van der Waals surface area contributed by atoms with Crippen molar-refractivity contribution in [3.05, 3.63) is 70.2 Å². The minimum Gasteiger partial charge on any atom is -0.497 e. The highest BCUT2D eigenvalue weighted by molar-refractivity contribution is 6.09. The number of benzene rings is 1. The second-order valence-electron chi connectivity index (χ2n) is 8.71. The molecule has 0 saturated carbocycles. The summed E-state index contributed by atoms with van der Waals surface area (Å²) in [5.74, 6) is 1.07. The van der Waals surface area contributed by atoms with Gasteiger partial charge in [-0.25, -0.2) is 4.98 Å². The molecule has 1 amide bonds. The zero-order valence-electron chi connectivity index (χ0n) is 19.6. The van der Waals surface area contributed by atoms with Crippen LogP contribution in [0, 0.1) is 12.8 Å². The first-order valence-corrected chi connectivity index (χ1v) is 11.0. The zero-order valence-corrected chi connectivity index (χ0v) is 19.6. The summed E-state index contributed by atoms with van der Waals surface area (Å²) >= 11 is 0. The number of carbonyl (C=O) groups excluding carboxylic acids is 2. The number of anilines is 1. The molecule has 0 bridgehead atoms. The first-order valence-electron chi connectivity index (χ1n) is 11.0. The Bertz CT molecular complexity index is 1160. The number of dihydropyridines is 1. The molecule has 7 heteroatoms. The molecule has 1 aliphatic carbocycles. The van der Waals surface area contributed by atoms with E-state index in [0.29, 0.717) is 40.6 Å². The number of pyridine rings is 1. The molecule has 7 nitrogen and oxygen atoms in total. The largest absolute Gasteiger partial charge is 0.497 e. The number of hydrogen-bond acceptors (Lipinski definition) is 6. The monoisotopic (exact) mass is 447 g/mol. The Morgan fingerprint density at radius 3 is 2.58 bits per heavy atom. The molecular weight excluding hydrogens is 418 g/mol. The first kappa shape index (κ1) is 22.6. The molecule has 0 fully saturated rings. The number of nitrogens with zero attached hydrogens (tertiary/aromatic N) is 1. The molecule has 0 radical (unpaired) electrons. The van der Waals surface area contributed by atoms with Gasteiger partial charge in [0.2, 0.25) is 0 Å². The number of methoxy groups -OCH3 is 2. The molecule has 1 aliphatic heterocycles. The second kappa shape index (κ2) is 9.10. The average molecular weight is 448 g/mol. The summed E-state index contributed by atoms with van der Waals surface area (Å²) in [6.07, 6.45) is 2.90. The van der Waals surface area contributed by atoms with Gasteiger partial charge in [0.25, 0.3) is 5.91 Å². The number of hydrogen-bond donors (Lipinski definition) is 2. The Hall–Kier alpha value is -3.61. The fourth-order valence-electron chi connectivity index (χ4n) is 4.63. The smallest absolute Gasteiger partial charge is 0.255 e. The predicted octanol–water partition coefficient (Wildman–Crippen LogP) is 4.26. The Labute approximate surface area is 193 Å². The number of carbonyl (C=O) groups is 2. The lowest BCUT2D eigenvalue weighted by Gasteiger charge is -2.36. The summed E-state index contributed by atoms with van der Waals surface area (Å²) in [6.45, 7) is 5.87. The Morgan fingerprint density at radius 1 is 1.12 bits per heavy atom. The predicted molar refractivity (Wildman–Crippen MR) is 126 cm³/mol. The van der Waals surface area contributed by atoms with Gasteiger partial charge in [0.05, 0.1) is 20.1 Å². The van der Waals surface area contributed by atoms with Gasteiger partial charge in [0.1, 0.15) is 17.3 Å². The van der Waals surface area contributed by atoms with Crippen molar-refractivity contribution in [1.82, 2.24) is 10.3 Å². The number of ketones is 1. The van der Waals surface area contributed by atoms with Crippen LogP contribution in [0.1, 0.15) is 43.7 Å². The van der Waals surface area contributed by atoms with Crippen molar-refractivity contribution in [3.63, 3.8) is 0 Å². The lowest BCUT2D eigenvalue weighted by atomic mass is 9.73. The number of ether oxygens (including phenoxy) is 2. The highest BCUT2D eigenvalue weighted by Gasteiger charge is 2.41. The molecule has 1 aromatic carbocycles. The van der Waals surface area contributed by atoms with E-state index in [1.807, 2.05) is 32.0 Å². The van der Waals surface area contributed by atoms with E-state index >= 15 is 0 Å². The lowest BCUT2D eigenvalue weighted by Crippen LogP contribution is -2.37. The molecule has 2 atom stereocenters. The summed E-state index contributed by atoms with van der Waals surface area (Å²) < 4.78 is 11.0. The Kier molecular flexibility index (Phi) is 6.22. The van der Waals surface area contributed by atoms with Crippen molar-refractivity contribution in [3.8, 4) is 11.5 Å². The van der Waals surface area contributed by atoms with Crippen molar-refractivity contribution < 1.29 is 19.1 Å². The summed E-state index contributed by atoms with van der Waals surface area (Å²) in [5, 5.41) is 6.26. The van der Waals surface area contributed by atoms with Gasteiger partial charge in [0.15, 0.2) is 5.78 Å². The number of rotatable bonds is 5. The maximum absolute atomic E-state index is 13.6. The molecule has 4 rings (SSSR count). The van der Waals surface area contributed by atoms with Gasteiger partial charge < -0.3 is 20.1 Å². The highest BCUT2D eigenvalue weighted by atomic mass is 16.5. The Balaban J connectivity index is 1.84. The summed E-state index contributed by atoms with van der Waals surface area (Å²) in [7, 11) is 3.16. The fourth-order valence-corrected chi connectivity index (χ4v) is 4.63. The van der Waals surface area contributed by atoms with Crippen LogP contribution in [-0.4, -0.2) is 30.9 Å². The van der Waals surface area contributed by atoms with E-state index < -0.39 is 5.92 Å². The van der Waals surface area contributed by atoms with E-state index in [2.05, 4.69) is 22.5 Å². The average Bonchev–Trinajstić information content (AvgIpc) is 2.78. The number of Topliss-reactive ketones (excluding diaryl/α,β-unsaturated/α-hetero) is 1. The normalized spacial score (nSPS) is 20.2. The number of aromatic nitrogens is 1. The molecule has 2 aliphatic rings. The first-order chi connectivity index (χ1) is 15.8. The van der Waals surface area contributed by atoms with E-state index in [9.17, 15) is 9.59 Å². The molecule has 2 N–H and O–H groups in total. The molecule has 2 heterocycles. The molecule has 33 heavy (non-hydrogen) atoms. The standard InChI is InChI=1S/C26H29N3O4/c1-14-6-9-22(27-13-14)29-26(31)23-16(3)28-19-10-15(2)11-20(30)25(19)24(23)18-8-7-17(32-4)12-21(18)33-5/h6-9,12-13,15,24,28H,10-11H2,1-5H3,(H,27,29,31). The van der Waals surface area contributed by atoms with Crippen molar-refractivity contribution in [1.29, 1.82) is 0 Å². The van der Waals surface area contributed by atoms with Crippen molar-refractivity contribution in [2.75, 3.05) is 19.5 Å². The van der Waals surface area contributed by atoms with Crippen LogP contribution < -0.4 is 20.1 Å². The fraction of sp³-hybridized carbons (Fsp3) is 0.346. The zero-order chi connectivity index (χ0) is 23.7. The number of amides is 1. The van der Waals surface area contributed by atoms with Crippen LogP contribution in [0.3, 0.4) is 0 Å². The highest BCUT2D eigenvalue weighted by Crippen LogP contribution is 2.46. The molecule has 0 spiro atoms. The van der Waals surface area contributed by atoms with Crippen molar-refractivity contribution >= 4 is 17.5 Å². The van der Waals surface area contributed by atoms with Crippen LogP contribution in [0.4, 0.5) is 5.82 Å². The van der Waals surface area contributed by atoms with Crippen LogP contribution in [0.2, 0.25) is 0 Å². The number of nitrogens with one attached hydrogen (secondary N) is 2. The van der Waals surface area contributed by atoms with Gasteiger partial charge in [-0.3, -0.25) is 9.59 Å². The molecule has 2 aromatic rings. The summed E-state index contributed by atoms with van der Waals surface area (Å²) in [4.78, 5) is 31.2. The third-order valence-corrected chi connectivity index (χ3v) is 6.18. The summed E-state index contributed by atoms with van der Waals surface area (Å²) in [6, 6.07) is 9.12. The van der Waals surface area contributed by atoms with E-state index in [4.69, 9.17) is 9.47 Å². The second-order valence-corrected chi connectivity index (χ2v) is 8.71. The van der Waals surface area contributed by atoms with Crippen LogP contribution in [-0.2, 0) is 9.59 Å². The van der Waals surface area contributed by atoms with Crippen molar-refractivity contribution in [2.24, 2.45) is 5.92 Å². The molecule has 2 unspecified atom stereocenters. The number of aryl methyl sites for hydroxylation is 1. The van der Waals surface area contributed by atoms with Crippen LogP contribution in [0.25, 0.3) is 0 Å². The van der Waals surface area contributed by atoms with Crippen LogP contribution in [0.15, 0.2) is 59.1 Å². The lowest BCUT2D eigenvalue weighted by molar-refractivity contribution is -0.117. The topological polar surface area (TPSA) is 89.5 Å². The van der Waals surface area contributed by atoms with Gasteiger partial charge in [-0.2, -0.15) is 0 Å². The minimum absolute atomic E-state index is 0.0467.